The summed E-state index contributed by atoms with van der Waals surface area (Å²) in [6.45, 7) is 6.72. The summed E-state index contributed by atoms with van der Waals surface area (Å²) in [4.78, 5) is 2.32. The topological polar surface area (TPSA) is 15.3 Å². The fraction of sp³-hybridized carbons (Fsp3) is 0.273. The van der Waals surface area contributed by atoms with Gasteiger partial charge in [0.1, 0.15) is 0 Å². The van der Waals surface area contributed by atoms with E-state index in [9.17, 15) is 0 Å². The Bertz CT molecular complexity index is 349. The van der Waals surface area contributed by atoms with E-state index in [2.05, 4.69) is 50.9 Å². The molecule has 0 unspecified atom stereocenters. The Labute approximate surface area is 92.7 Å². The van der Waals surface area contributed by atoms with E-state index >= 15 is 0 Å². The third kappa shape index (κ3) is 1.77. The molecule has 0 saturated carbocycles. The first kappa shape index (κ1) is 9.59. The molecule has 3 heteroatoms. The molecule has 2 nitrogen and oxygen atoms in total. The number of benzene rings is 1. The van der Waals surface area contributed by atoms with Crippen LogP contribution in [0.5, 0.6) is 0 Å². The lowest BCUT2D eigenvalue weighted by Crippen LogP contribution is -2.33. The number of nitrogens with zero attached hydrogens (tertiary/aromatic N) is 1. The normalized spacial score (nSPS) is 14.5. The summed E-state index contributed by atoms with van der Waals surface area (Å²) < 4.78 is 1.12. The molecule has 0 amide bonds. The summed E-state index contributed by atoms with van der Waals surface area (Å²) in [5, 5.41) is 3.38. The van der Waals surface area contributed by atoms with Gasteiger partial charge >= 0.3 is 0 Å². The predicted octanol–water partition coefficient (Wildman–Crippen LogP) is 2.87. The van der Waals surface area contributed by atoms with Gasteiger partial charge in [0.2, 0.25) is 0 Å². The maximum atomic E-state index is 3.78. The van der Waals surface area contributed by atoms with Crippen LogP contribution in [0.3, 0.4) is 0 Å². The van der Waals surface area contributed by atoms with Crippen molar-refractivity contribution in [3.8, 4) is 0 Å². The van der Waals surface area contributed by atoms with E-state index in [1.54, 1.807) is 0 Å². The van der Waals surface area contributed by atoms with Gasteiger partial charge < -0.3 is 10.2 Å². The first-order valence-electron chi connectivity index (χ1n) is 4.70. The van der Waals surface area contributed by atoms with Crippen LogP contribution in [0.2, 0.25) is 0 Å². The molecular weight excluding hydrogens is 240 g/mol. The van der Waals surface area contributed by atoms with Crippen LogP contribution in [-0.2, 0) is 0 Å². The third-order valence-electron chi connectivity index (χ3n) is 2.35. The number of hydrogen-bond donors (Lipinski definition) is 1. The molecule has 0 atom stereocenters. The van der Waals surface area contributed by atoms with Gasteiger partial charge in [-0.1, -0.05) is 22.0 Å². The summed E-state index contributed by atoms with van der Waals surface area (Å²) in [5.41, 5.74) is 2.46. The van der Waals surface area contributed by atoms with Crippen molar-refractivity contribution in [1.82, 2.24) is 0 Å². The van der Waals surface area contributed by atoms with Gasteiger partial charge in [-0.15, -0.1) is 6.58 Å². The smallest absolute Gasteiger partial charge is 0.0616 e. The molecule has 0 aliphatic carbocycles. The fourth-order valence-electron chi connectivity index (χ4n) is 1.71. The number of fused-ring (bicyclic) bond motifs is 1. The zero-order valence-corrected chi connectivity index (χ0v) is 9.55. The molecule has 0 spiro atoms. The minimum Gasteiger partial charge on any atom is -0.382 e. The van der Waals surface area contributed by atoms with Crippen molar-refractivity contribution in [2.75, 3.05) is 29.9 Å². The molecule has 2 rings (SSSR count). The first-order valence-corrected chi connectivity index (χ1v) is 5.50. The lowest BCUT2D eigenvalue weighted by molar-refractivity contribution is 0.843. The van der Waals surface area contributed by atoms with Crippen molar-refractivity contribution in [1.29, 1.82) is 0 Å². The van der Waals surface area contributed by atoms with Gasteiger partial charge in [-0.2, -0.15) is 0 Å². The van der Waals surface area contributed by atoms with E-state index in [0.29, 0.717) is 0 Å². The number of hydrogen-bond acceptors (Lipinski definition) is 2. The van der Waals surface area contributed by atoms with Crippen molar-refractivity contribution in [3.05, 3.63) is 35.3 Å². The molecule has 0 saturated heterocycles. The van der Waals surface area contributed by atoms with Gasteiger partial charge in [-0.3, -0.25) is 0 Å². The standard InChI is InChI=1S/C11H13BrN2/c1-2-6-14-7-5-13-10-4-3-9(12)8-11(10)14/h2-4,8,13H,1,5-7H2. The van der Waals surface area contributed by atoms with Gasteiger partial charge in [0.15, 0.2) is 0 Å². The molecule has 1 N–H and O–H groups in total. The molecule has 0 aromatic heterocycles. The summed E-state index contributed by atoms with van der Waals surface area (Å²) in [6, 6.07) is 6.31. The highest BCUT2D eigenvalue weighted by atomic mass is 79.9. The van der Waals surface area contributed by atoms with Crippen LogP contribution in [0.1, 0.15) is 0 Å². The van der Waals surface area contributed by atoms with Crippen LogP contribution in [0, 0.1) is 0 Å². The second-order valence-corrected chi connectivity index (χ2v) is 4.24. The molecule has 0 radical (unpaired) electrons. The highest BCUT2D eigenvalue weighted by Crippen LogP contribution is 2.31. The van der Waals surface area contributed by atoms with Gasteiger partial charge in [0.05, 0.1) is 11.4 Å². The van der Waals surface area contributed by atoms with Crippen molar-refractivity contribution >= 4 is 27.3 Å². The molecule has 1 aliphatic heterocycles. The number of rotatable bonds is 2. The van der Waals surface area contributed by atoms with E-state index in [0.717, 1.165) is 24.1 Å². The van der Waals surface area contributed by atoms with Gasteiger partial charge in [0, 0.05) is 24.1 Å². The van der Waals surface area contributed by atoms with Crippen LogP contribution in [0.25, 0.3) is 0 Å². The molecule has 0 bridgehead atoms. The van der Waals surface area contributed by atoms with Crippen molar-refractivity contribution in [2.24, 2.45) is 0 Å². The first-order chi connectivity index (χ1) is 6.81. The number of anilines is 2. The Hall–Kier alpha value is -0.960. The average Bonchev–Trinajstić information content (AvgIpc) is 2.19. The van der Waals surface area contributed by atoms with Crippen LogP contribution in [-0.4, -0.2) is 19.6 Å². The second-order valence-electron chi connectivity index (χ2n) is 3.32. The molecule has 0 fully saturated rings. The summed E-state index contributed by atoms with van der Waals surface area (Å²) >= 11 is 3.49. The Morgan fingerprint density at radius 1 is 1.57 bits per heavy atom. The van der Waals surface area contributed by atoms with E-state index in [1.165, 1.54) is 11.4 Å². The van der Waals surface area contributed by atoms with E-state index in [4.69, 9.17) is 0 Å². The van der Waals surface area contributed by atoms with Crippen LogP contribution >= 0.6 is 15.9 Å². The third-order valence-corrected chi connectivity index (χ3v) is 2.84. The molecule has 14 heavy (non-hydrogen) atoms. The molecule has 1 aromatic rings. The van der Waals surface area contributed by atoms with Crippen molar-refractivity contribution in [2.45, 2.75) is 0 Å². The Morgan fingerprint density at radius 3 is 3.21 bits per heavy atom. The summed E-state index contributed by atoms with van der Waals surface area (Å²) in [7, 11) is 0. The number of nitrogens with one attached hydrogen (secondary N) is 1. The zero-order valence-electron chi connectivity index (χ0n) is 7.96. The maximum Gasteiger partial charge on any atom is 0.0616 e. The quantitative estimate of drug-likeness (QED) is 0.815. The van der Waals surface area contributed by atoms with Gasteiger partial charge in [0.25, 0.3) is 0 Å². The van der Waals surface area contributed by atoms with E-state index in [-0.39, 0.29) is 0 Å². The van der Waals surface area contributed by atoms with Crippen molar-refractivity contribution in [3.63, 3.8) is 0 Å². The van der Waals surface area contributed by atoms with Crippen LogP contribution < -0.4 is 10.2 Å². The summed E-state index contributed by atoms with van der Waals surface area (Å²) in [5.74, 6) is 0. The largest absolute Gasteiger partial charge is 0.382 e. The average molecular weight is 253 g/mol. The highest BCUT2D eigenvalue weighted by molar-refractivity contribution is 9.10. The molecule has 1 heterocycles. The SMILES string of the molecule is C=CCN1CCNc2ccc(Br)cc21. The monoisotopic (exact) mass is 252 g/mol. The predicted molar refractivity (Wildman–Crippen MR) is 65.0 cm³/mol. The minimum atomic E-state index is 0.908. The lowest BCUT2D eigenvalue weighted by atomic mass is 10.2. The fourth-order valence-corrected chi connectivity index (χ4v) is 2.06. The van der Waals surface area contributed by atoms with Crippen molar-refractivity contribution < 1.29 is 0 Å². The van der Waals surface area contributed by atoms with Crippen LogP contribution in [0.4, 0.5) is 11.4 Å². The minimum absolute atomic E-state index is 0.908. The van der Waals surface area contributed by atoms with Gasteiger partial charge in [-0.25, -0.2) is 0 Å². The zero-order chi connectivity index (χ0) is 9.97. The second kappa shape index (κ2) is 4.05. The lowest BCUT2D eigenvalue weighted by Gasteiger charge is -2.31. The van der Waals surface area contributed by atoms with E-state index in [1.807, 2.05) is 6.08 Å². The van der Waals surface area contributed by atoms with E-state index < -0.39 is 0 Å². The Morgan fingerprint density at radius 2 is 2.43 bits per heavy atom. The van der Waals surface area contributed by atoms with Crippen LogP contribution in [0.15, 0.2) is 35.3 Å². The maximum absolute atomic E-state index is 3.78. The Kier molecular flexibility index (Phi) is 2.77. The summed E-state index contributed by atoms with van der Waals surface area (Å²) in [6.07, 6.45) is 1.94. The van der Waals surface area contributed by atoms with Gasteiger partial charge in [-0.05, 0) is 18.2 Å². The molecular formula is C11H13BrN2. The molecule has 74 valence electrons. The Balaban J connectivity index is 2.36. The highest BCUT2D eigenvalue weighted by Gasteiger charge is 2.14. The number of halogens is 1. The molecule has 1 aromatic carbocycles. The molecule has 1 aliphatic rings.